The lowest BCUT2D eigenvalue weighted by molar-refractivity contribution is -0.118. The van der Waals surface area contributed by atoms with Crippen LogP contribution in [0.25, 0.3) is 0 Å². The molecule has 0 aliphatic carbocycles. The summed E-state index contributed by atoms with van der Waals surface area (Å²) in [5.41, 5.74) is 6.15. The van der Waals surface area contributed by atoms with Crippen molar-refractivity contribution in [3.8, 4) is 11.5 Å². The summed E-state index contributed by atoms with van der Waals surface area (Å²) in [4.78, 5) is 10.6. The van der Waals surface area contributed by atoms with Crippen LogP contribution in [0.1, 0.15) is 18.4 Å². The molecule has 18 heavy (non-hydrogen) atoms. The summed E-state index contributed by atoms with van der Waals surface area (Å²) in [5, 5.41) is 3.26. The zero-order valence-corrected chi connectivity index (χ0v) is 10.3. The third kappa shape index (κ3) is 3.37. The predicted octanol–water partition coefficient (Wildman–Crippen LogP) is 0.813. The number of primary amides is 1. The number of hydrogen-bond acceptors (Lipinski definition) is 4. The molecular formula is C13H18N2O3. The molecule has 1 aliphatic heterocycles. The Bertz CT molecular complexity index is 421. The second kappa shape index (κ2) is 6.26. The predicted molar refractivity (Wildman–Crippen MR) is 67.6 cm³/mol. The van der Waals surface area contributed by atoms with Gasteiger partial charge in [-0.1, -0.05) is 12.1 Å². The van der Waals surface area contributed by atoms with E-state index in [0.717, 1.165) is 30.0 Å². The van der Waals surface area contributed by atoms with Crippen molar-refractivity contribution >= 4 is 5.91 Å². The number of rotatable bonds is 6. The van der Waals surface area contributed by atoms with E-state index < -0.39 is 0 Å². The van der Waals surface area contributed by atoms with Crippen molar-refractivity contribution in [1.82, 2.24) is 5.32 Å². The monoisotopic (exact) mass is 250 g/mol. The zero-order valence-electron chi connectivity index (χ0n) is 10.3. The average molecular weight is 250 g/mol. The maximum atomic E-state index is 10.6. The first-order chi connectivity index (χ1) is 8.77. The van der Waals surface area contributed by atoms with Crippen molar-refractivity contribution in [2.45, 2.75) is 19.4 Å². The van der Waals surface area contributed by atoms with Gasteiger partial charge in [0.15, 0.2) is 11.5 Å². The lowest BCUT2D eigenvalue weighted by Crippen LogP contribution is -2.20. The Morgan fingerprint density at radius 2 is 2.17 bits per heavy atom. The minimum atomic E-state index is -0.259. The van der Waals surface area contributed by atoms with E-state index >= 15 is 0 Å². The fourth-order valence-corrected chi connectivity index (χ4v) is 1.88. The van der Waals surface area contributed by atoms with Crippen LogP contribution in [0.15, 0.2) is 18.2 Å². The molecule has 0 spiro atoms. The van der Waals surface area contributed by atoms with Gasteiger partial charge in [-0.25, -0.2) is 0 Å². The molecule has 3 N–H and O–H groups in total. The molecule has 0 saturated heterocycles. The van der Waals surface area contributed by atoms with E-state index in [1.807, 2.05) is 18.2 Å². The largest absolute Gasteiger partial charge is 0.486 e. The fourth-order valence-electron chi connectivity index (χ4n) is 1.88. The lowest BCUT2D eigenvalue weighted by atomic mass is 10.1. The molecule has 1 aromatic carbocycles. The number of nitrogens with one attached hydrogen (secondary N) is 1. The molecule has 5 heteroatoms. The molecule has 1 aromatic rings. The molecule has 0 fully saturated rings. The molecule has 0 unspecified atom stereocenters. The van der Waals surface area contributed by atoms with Gasteiger partial charge in [-0.3, -0.25) is 4.79 Å². The number of para-hydroxylation sites is 1. The average Bonchev–Trinajstić information content (AvgIpc) is 2.38. The van der Waals surface area contributed by atoms with Crippen molar-refractivity contribution in [3.63, 3.8) is 0 Å². The van der Waals surface area contributed by atoms with Gasteiger partial charge in [0.05, 0.1) is 0 Å². The van der Waals surface area contributed by atoms with Crippen molar-refractivity contribution in [2.75, 3.05) is 19.8 Å². The molecule has 0 saturated carbocycles. The van der Waals surface area contributed by atoms with Gasteiger partial charge >= 0.3 is 0 Å². The normalized spacial score (nSPS) is 13.3. The van der Waals surface area contributed by atoms with Crippen molar-refractivity contribution in [2.24, 2.45) is 5.73 Å². The molecule has 0 atom stereocenters. The van der Waals surface area contributed by atoms with Gasteiger partial charge in [-0.2, -0.15) is 0 Å². The van der Waals surface area contributed by atoms with Gasteiger partial charge in [-0.05, 0) is 19.0 Å². The Kier molecular flexibility index (Phi) is 4.41. The Morgan fingerprint density at radius 3 is 3.00 bits per heavy atom. The summed E-state index contributed by atoms with van der Waals surface area (Å²) in [6.07, 6.45) is 1.17. The van der Waals surface area contributed by atoms with Crippen LogP contribution < -0.4 is 20.5 Å². The van der Waals surface area contributed by atoms with Crippen LogP contribution in [-0.4, -0.2) is 25.7 Å². The smallest absolute Gasteiger partial charge is 0.217 e. The highest BCUT2D eigenvalue weighted by Gasteiger charge is 2.14. The molecule has 5 nitrogen and oxygen atoms in total. The van der Waals surface area contributed by atoms with E-state index in [4.69, 9.17) is 15.2 Å². The number of benzene rings is 1. The molecule has 1 aliphatic rings. The van der Waals surface area contributed by atoms with E-state index in [1.54, 1.807) is 0 Å². The van der Waals surface area contributed by atoms with Crippen molar-refractivity contribution in [1.29, 1.82) is 0 Å². The highest BCUT2D eigenvalue weighted by atomic mass is 16.6. The Labute approximate surface area is 106 Å². The summed E-state index contributed by atoms with van der Waals surface area (Å²) in [6.45, 7) is 2.65. The van der Waals surface area contributed by atoms with E-state index in [-0.39, 0.29) is 5.91 Å². The van der Waals surface area contributed by atoms with Crippen LogP contribution in [0.3, 0.4) is 0 Å². The quantitative estimate of drug-likeness (QED) is 0.733. The van der Waals surface area contributed by atoms with E-state index in [0.29, 0.717) is 26.2 Å². The van der Waals surface area contributed by atoms with Gasteiger partial charge in [0.1, 0.15) is 13.2 Å². The van der Waals surface area contributed by atoms with Crippen LogP contribution in [0.2, 0.25) is 0 Å². The van der Waals surface area contributed by atoms with E-state index in [9.17, 15) is 4.79 Å². The second-order valence-electron chi connectivity index (χ2n) is 4.19. The van der Waals surface area contributed by atoms with Crippen LogP contribution in [0.5, 0.6) is 11.5 Å². The third-order valence-corrected chi connectivity index (χ3v) is 2.74. The number of ether oxygens (including phenoxy) is 2. The summed E-state index contributed by atoms with van der Waals surface area (Å²) < 4.78 is 11.1. The molecular weight excluding hydrogens is 232 g/mol. The number of amides is 1. The minimum absolute atomic E-state index is 0.259. The Morgan fingerprint density at radius 1 is 1.33 bits per heavy atom. The van der Waals surface area contributed by atoms with E-state index in [2.05, 4.69) is 5.32 Å². The van der Waals surface area contributed by atoms with Gasteiger partial charge in [-0.15, -0.1) is 0 Å². The van der Waals surface area contributed by atoms with Gasteiger partial charge in [0.2, 0.25) is 5.91 Å². The van der Waals surface area contributed by atoms with Crippen molar-refractivity contribution in [3.05, 3.63) is 23.8 Å². The summed E-state index contributed by atoms with van der Waals surface area (Å²) >= 11 is 0. The maximum Gasteiger partial charge on any atom is 0.217 e. The molecule has 1 amide bonds. The van der Waals surface area contributed by atoms with Crippen molar-refractivity contribution < 1.29 is 14.3 Å². The first-order valence-corrected chi connectivity index (χ1v) is 6.14. The lowest BCUT2D eigenvalue weighted by Gasteiger charge is -2.21. The topological polar surface area (TPSA) is 73.6 Å². The van der Waals surface area contributed by atoms with Crippen LogP contribution in [-0.2, 0) is 11.3 Å². The summed E-state index contributed by atoms with van der Waals surface area (Å²) in [5.74, 6) is 1.37. The maximum absolute atomic E-state index is 10.6. The van der Waals surface area contributed by atoms with Crippen LogP contribution >= 0.6 is 0 Å². The molecule has 1 heterocycles. The second-order valence-corrected chi connectivity index (χ2v) is 4.19. The molecule has 2 rings (SSSR count). The van der Waals surface area contributed by atoms with Gasteiger partial charge in [0.25, 0.3) is 0 Å². The minimum Gasteiger partial charge on any atom is -0.486 e. The highest BCUT2D eigenvalue weighted by Crippen LogP contribution is 2.33. The fraction of sp³-hybridized carbons (Fsp3) is 0.462. The first-order valence-electron chi connectivity index (χ1n) is 6.14. The number of hydrogen-bond donors (Lipinski definition) is 2. The standard InChI is InChI=1S/C13H18N2O3/c14-12(16)5-2-6-15-9-10-3-1-4-11-13(10)18-8-7-17-11/h1,3-4,15H,2,5-9H2,(H2,14,16). The molecule has 98 valence electrons. The molecule has 0 bridgehead atoms. The number of carbonyl (C=O) groups excluding carboxylic acids is 1. The first kappa shape index (κ1) is 12.7. The SMILES string of the molecule is NC(=O)CCCNCc1cccc2c1OCCO2. The highest BCUT2D eigenvalue weighted by molar-refractivity contribution is 5.73. The van der Waals surface area contributed by atoms with Crippen LogP contribution in [0.4, 0.5) is 0 Å². The Balaban J connectivity index is 1.84. The summed E-state index contributed by atoms with van der Waals surface area (Å²) in [7, 11) is 0. The van der Waals surface area contributed by atoms with Gasteiger partial charge < -0.3 is 20.5 Å². The van der Waals surface area contributed by atoms with Crippen LogP contribution in [0, 0.1) is 0 Å². The summed E-state index contributed by atoms with van der Waals surface area (Å²) in [6, 6.07) is 5.87. The number of carbonyl (C=O) groups is 1. The zero-order chi connectivity index (χ0) is 12.8. The van der Waals surface area contributed by atoms with Gasteiger partial charge in [0, 0.05) is 18.5 Å². The van der Waals surface area contributed by atoms with E-state index in [1.165, 1.54) is 0 Å². The Hall–Kier alpha value is -1.75. The third-order valence-electron chi connectivity index (χ3n) is 2.74. The number of nitrogens with two attached hydrogens (primary N) is 1. The molecule has 0 aromatic heterocycles. The molecule has 0 radical (unpaired) electrons. The number of fused-ring (bicyclic) bond motifs is 1.